The second-order valence-electron chi connectivity index (χ2n) is 5.65. The fourth-order valence-corrected chi connectivity index (χ4v) is 3.52. The minimum absolute atomic E-state index is 0. The summed E-state index contributed by atoms with van der Waals surface area (Å²) < 4.78 is 5.57. The second-order valence-corrected chi connectivity index (χ2v) is 6.49. The normalized spacial score (nSPS) is 23.1. The molecule has 0 aromatic heterocycles. The van der Waals surface area contributed by atoms with Crippen molar-refractivity contribution >= 4 is 41.5 Å². The first-order valence-electron chi connectivity index (χ1n) is 7.20. The van der Waals surface area contributed by atoms with Crippen molar-refractivity contribution in [1.29, 1.82) is 0 Å². The first-order chi connectivity index (χ1) is 10.1. The van der Waals surface area contributed by atoms with Crippen LogP contribution in [-0.4, -0.2) is 43.6 Å². The van der Waals surface area contributed by atoms with Crippen LogP contribution < -0.4 is 10.1 Å². The maximum absolute atomic E-state index is 12.2. The highest BCUT2D eigenvalue weighted by Crippen LogP contribution is 2.28. The first kappa shape index (κ1) is 17.7. The molecule has 4 nitrogen and oxygen atoms in total. The van der Waals surface area contributed by atoms with Gasteiger partial charge in [0.05, 0.1) is 18.1 Å². The number of ether oxygens (including phenoxy) is 1. The molecular formula is C15H19Cl3N2O2. The molecule has 1 N–H and O–H groups in total. The number of carbonyl (C=O) groups is 1. The zero-order valence-corrected chi connectivity index (χ0v) is 14.4. The van der Waals surface area contributed by atoms with Gasteiger partial charge < -0.3 is 15.0 Å². The molecule has 0 radical (unpaired) electrons. The van der Waals surface area contributed by atoms with Crippen LogP contribution in [-0.2, 0) is 4.79 Å². The number of halogens is 3. The molecule has 0 unspecified atom stereocenters. The third-order valence-electron chi connectivity index (χ3n) is 4.21. The summed E-state index contributed by atoms with van der Waals surface area (Å²) >= 11 is 11.9. The molecule has 2 aliphatic rings. The van der Waals surface area contributed by atoms with Crippen LogP contribution in [0.25, 0.3) is 0 Å². The molecule has 7 heteroatoms. The monoisotopic (exact) mass is 364 g/mol. The van der Waals surface area contributed by atoms with Crippen molar-refractivity contribution in [1.82, 2.24) is 10.2 Å². The number of rotatable bonds is 4. The Kier molecular flexibility index (Phi) is 6.21. The topological polar surface area (TPSA) is 41.6 Å². The van der Waals surface area contributed by atoms with Gasteiger partial charge in [0.1, 0.15) is 5.75 Å². The number of amides is 1. The fraction of sp³-hybridized carbons (Fsp3) is 0.533. The van der Waals surface area contributed by atoms with Crippen LogP contribution >= 0.6 is 35.6 Å². The van der Waals surface area contributed by atoms with Gasteiger partial charge in [0.2, 0.25) is 5.91 Å². The number of hydrogen-bond acceptors (Lipinski definition) is 3. The molecule has 22 heavy (non-hydrogen) atoms. The molecule has 0 saturated carbocycles. The number of benzene rings is 1. The average molecular weight is 366 g/mol. The smallest absolute Gasteiger partial charge is 0.226 e. The summed E-state index contributed by atoms with van der Waals surface area (Å²) in [7, 11) is 0. The van der Waals surface area contributed by atoms with Gasteiger partial charge in [-0.3, -0.25) is 4.79 Å². The van der Waals surface area contributed by atoms with E-state index in [4.69, 9.17) is 27.9 Å². The molecule has 2 saturated heterocycles. The first-order valence-corrected chi connectivity index (χ1v) is 7.95. The predicted octanol–water partition coefficient (Wildman–Crippen LogP) is 2.86. The fourth-order valence-electron chi connectivity index (χ4n) is 3.06. The molecule has 1 aromatic rings. The number of hydrogen-bond donors (Lipinski definition) is 1. The second kappa shape index (κ2) is 7.73. The van der Waals surface area contributed by atoms with E-state index in [1.54, 1.807) is 18.2 Å². The van der Waals surface area contributed by atoms with Crippen LogP contribution in [0.3, 0.4) is 0 Å². The van der Waals surface area contributed by atoms with Crippen LogP contribution in [0.5, 0.6) is 5.75 Å². The lowest BCUT2D eigenvalue weighted by molar-refractivity contribution is -0.130. The number of carbonyl (C=O) groups excluding carboxylic acids is 1. The summed E-state index contributed by atoms with van der Waals surface area (Å²) in [6.45, 7) is 4.15. The van der Waals surface area contributed by atoms with E-state index in [0.717, 1.165) is 26.2 Å². The van der Waals surface area contributed by atoms with Gasteiger partial charge in [-0.2, -0.15) is 0 Å². The third kappa shape index (κ3) is 3.99. The Balaban J connectivity index is 0.00000176. The van der Waals surface area contributed by atoms with Crippen LogP contribution in [0.2, 0.25) is 10.0 Å². The Hall–Kier alpha value is -0.680. The van der Waals surface area contributed by atoms with Crippen molar-refractivity contribution in [2.45, 2.75) is 6.42 Å². The van der Waals surface area contributed by atoms with Crippen molar-refractivity contribution in [3.8, 4) is 5.75 Å². The zero-order valence-electron chi connectivity index (χ0n) is 12.1. The summed E-state index contributed by atoms with van der Waals surface area (Å²) in [5.74, 6) is 1.98. The van der Waals surface area contributed by atoms with Gasteiger partial charge in [-0.1, -0.05) is 23.2 Å². The zero-order chi connectivity index (χ0) is 14.8. The number of nitrogens with one attached hydrogen (secondary N) is 1. The SMILES string of the molecule is Cl.O=C(CCOc1ccc(Cl)cc1Cl)N1C[C@H]2CNC[C@H]2C1. The van der Waals surface area contributed by atoms with E-state index in [1.807, 2.05) is 4.90 Å². The van der Waals surface area contributed by atoms with E-state index in [2.05, 4.69) is 5.32 Å². The molecule has 2 heterocycles. The lowest BCUT2D eigenvalue weighted by Gasteiger charge is -2.17. The minimum Gasteiger partial charge on any atom is -0.491 e. The van der Waals surface area contributed by atoms with Gasteiger partial charge in [0.25, 0.3) is 0 Å². The maximum atomic E-state index is 12.2. The van der Waals surface area contributed by atoms with Crippen molar-refractivity contribution in [3.63, 3.8) is 0 Å². The highest BCUT2D eigenvalue weighted by molar-refractivity contribution is 6.35. The highest BCUT2D eigenvalue weighted by atomic mass is 35.5. The van der Waals surface area contributed by atoms with Gasteiger partial charge in [-0.05, 0) is 30.0 Å². The molecule has 2 fully saturated rings. The van der Waals surface area contributed by atoms with Crippen molar-refractivity contribution in [2.24, 2.45) is 11.8 Å². The third-order valence-corrected chi connectivity index (χ3v) is 4.74. The Morgan fingerprint density at radius 2 is 1.95 bits per heavy atom. The summed E-state index contributed by atoms with van der Waals surface area (Å²) in [4.78, 5) is 14.1. The number of fused-ring (bicyclic) bond motifs is 1. The van der Waals surface area contributed by atoms with Crippen molar-refractivity contribution in [3.05, 3.63) is 28.2 Å². The van der Waals surface area contributed by atoms with Gasteiger partial charge in [0.15, 0.2) is 0 Å². The Morgan fingerprint density at radius 1 is 1.27 bits per heavy atom. The van der Waals surface area contributed by atoms with Crippen LogP contribution in [0.4, 0.5) is 0 Å². The van der Waals surface area contributed by atoms with Crippen molar-refractivity contribution < 1.29 is 9.53 Å². The molecule has 2 atom stereocenters. The molecule has 0 bridgehead atoms. The maximum Gasteiger partial charge on any atom is 0.226 e. The van der Waals surface area contributed by atoms with E-state index in [-0.39, 0.29) is 18.3 Å². The molecule has 3 rings (SSSR count). The van der Waals surface area contributed by atoms with Crippen LogP contribution in [0.1, 0.15) is 6.42 Å². The van der Waals surface area contributed by atoms with E-state index in [1.165, 1.54) is 0 Å². The number of likely N-dealkylation sites (tertiary alicyclic amines) is 1. The highest BCUT2D eigenvalue weighted by Gasteiger charge is 2.37. The summed E-state index contributed by atoms with van der Waals surface area (Å²) in [5.41, 5.74) is 0. The van der Waals surface area contributed by atoms with Gasteiger partial charge in [-0.15, -0.1) is 12.4 Å². The van der Waals surface area contributed by atoms with E-state index < -0.39 is 0 Å². The molecule has 1 aromatic carbocycles. The van der Waals surface area contributed by atoms with Crippen LogP contribution in [0, 0.1) is 11.8 Å². The van der Waals surface area contributed by atoms with Crippen LogP contribution in [0.15, 0.2) is 18.2 Å². The molecule has 122 valence electrons. The minimum atomic E-state index is 0. The lowest BCUT2D eigenvalue weighted by Crippen LogP contribution is -2.32. The summed E-state index contributed by atoms with van der Waals surface area (Å²) in [6, 6.07) is 5.08. The van der Waals surface area contributed by atoms with E-state index >= 15 is 0 Å². The average Bonchev–Trinajstić information content (AvgIpc) is 3.02. The number of nitrogens with zero attached hydrogens (tertiary/aromatic N) is 1. The molecular weight excluding hydrogens is 347 g/mol. The largest absolute Gasteiger partial charge is 0.491 e. The molecule has 1 amide bonds. The molecule has 2 aliphatic heterocycles. The van der Waals surface area contributed by atoms with Gasteiger partial charge in [0, 0.05) is 31.2 Å². The lowest BCUT2D eigenvalue weighted by atomic mass is 10.0. The molecule has 0 spiro atoms. The standard InChI is InChI=1S/C15H18Cl2N2O2.ClH/c16-12-1-2-14(13(17)5-12)21-4-3-15(20)19-8-10-6-18-7-11(10)9-19;/h1-2,5,10-11,18H,3-4,6-9H2;1H/t10-,11+;. The Bertz CT molecular complexity index is 530. The van der Waals surface area contributed by atoms with Crippen molar-refractivity contribution in [2.75, 3.05) is 32.8 Å². The predicted molar refractivity (Wildman–Crippen MR) is 90.3 cm³/mol. The van der Waals surface area contributed by atoms with Gasteiger partial charge >= 0.3 is 0 Å². The Morgan fingerprint density at radius 3 is 2.59 bits per heavy atom. The summed E-state index contributed by atoms with van der Waals surface area (Å²) in [5, 5.41) is 4.41. The van der Waals surface area contributed by atoms with E-state index in [0.29, 0.717) is 40.7 Å². The van der Waals surface area contributed by atoms with E-state index in [9.17, 15) is 4.79 Å². The molecule has 0 aliphatic carbocycles. The van der Waals surface area contributed by atoms with Gasteiger partial charge in [-0.25, -0.2) is 0 Å². The Labute approximate surface area is 146 Å². The summed E-state index contributed by atoms with van der Waals surface area (Å²) in [6.07, 6.45) is 0.381. The quantitative estimate of drug-likeness (QED) is 0.892.